The highest BCUT2D eigenvalue weighted by Crippen LogP contribution is 2.09. The molecule has 4 nitrogen and oxygen atoms in total. The van der Waals surface area contributed by atoms with Gasteiger partial charge in [-0.05, 0) is 24.6 Å². The van der Waals surface area contributed by atoms with Crippen LogP contribution in [0.3, 0.4) is 0 Å². The van der Waals surface area contributed by atoms with Crippen LogP contribution in [-0.4, -0.2) is 36.5 Å². The van der Waals surface area contributed by atoms with Gasteiger partial charge in [0.2, 0.25) is 0 Å². The van der Waals surface area contributed by atoms with E-state index in [9.17, 15) is 5.11 Å². The Morgan fingerprint density at radius 3 is 2.73 bits per heavy atom. The highest BCUT2D eigenvalue weighted by Gasteiger charge is 2.07. The largest absolute Gasteiger partial charge is 0.389 e. The van der Waals surface area contributed by atoms with Crippen molar-refractivity contribution in [3.63, 3.8) is 0 Å². The van der Waals surface area contributed by atoms with Crippen LogP contribution < -0.4 is 5.32 Å². The maximum absolute atomic E-state index is 9.45. The topological polar surface area (TPSA) is 54.4 Å². The van der Waals surface area contributed by atoms with Crippen molar-refractivity contribution >= 4 is 0 Å². The number of hydrogen-bond donors (Lipinski definition) is 2. The van der Waals surface area contributed by atoms with E-state index in [0.29, 0.717) is 13.2 Å². The lowest BCUT2D eigenvalue weighted by Crippen LogP contribution is -2.31. The van der Waals surface area contributed by atoms with Gasteiger partial charge in [-0.15, -0.1) is 0 Å². The van der Waals surface area contributed by atoms with Crippen LogP contribution in [0.5, 0.6) is 0 Å². The van der Waals surface area contributed by atoms with Gasteiger partial charge >= 0.3 is 0 Å². The fourth-order valence-electron chi connectivity index (χ4n) is 1.33. The van der Waals surface area contributed by atoms with E-state index in [2.05, 4.69) is 17.2 Å². The third-order valence-electron chi connectivity index (χ3n) is 2.22. The van der Waals surface area contributed by atoms with Gasteiger partial charge in [0.25, 0.3) is 0 Å². The molecule has 4 heteroatoms. The Balaban J connectivity index is 2.33. The van der Waals surface area contributed by atoms with Gasteiger partial charge in [-0.2, -0.15) is 0 Å². The number of hydrogen-bond acceptors (Lipinski definition) is 4. The monoisotopic (exact) mass is 210 g/mol. The van der Waals surface area contributed by atoms with Gasteiger partial charge in [0.05, 0.1) is 12.7 Å². The van der Waals surface area contributed by atoms with Crippen LogP contribution >= 0.6 is 0 Å². The van der Waals surface area contributed by atoms with Gasteiger partial charge in [0.1, 0.15) is 0 Å². The molecule has 0 saturated heterocycles. The summed E-state index contributed by atoms with van der Waals surface area (Å²) in [4.78, 5) is 3.96. The van der Waals surface area contributed by atoms with Crippen molar-refractivity contribution in [2.75, 3.05) is 20.3 Å². The maximum Gasteiger partial charge on any atom is 0.0897 e. The molecule has 0 aliphatic carbocycles. The van der Waals surface area contributed by atoms with Crippen molar-refractivity contribution in [2.45, 2.75) is 19.1 Å². The molecule has 0 aromatic carbocycles. The first-order chi connectivity index (χ1) is 7.24. The molecule has 2 N–H and O–H groups in total. The molecule has 0 bridgehead atoms. The average molecular weight is 210 g/mol. The fourth-order valence-corrected chi connectivity index (χ4v) is 1.33. The van der Waals surface area contributed by atoms with Crippen LogP contribution in [-0.2, 0) is 4.74 Å². The quantitative estimate of drug-likeness (QED) is 0.727. The van der Waals surface area contributed by atoms with Crippen molar-refractivity contribution < 1.29 is 9.84 Å². The molecule has 1 aromatic heterocycles. The second-order valence-electron chi connectivity index (χ2n) is 3.52. The SMILES string of the molecule is COCC(O)CN[C@H](C)c1ccncc1. The summed E-state index contributed by atoms with van der Waals surface area (Å²) in [7, 11) is 1.58. The van der Waals surface area contributed by atoms with E-state index in [1.54, 1.807) is 19.5 Å². The standard InChI is InChI=1S/C11H18N2O2/c1-9(10-3-5-12-6-4-10)13-7-11(14)8-15-2/h3-6,9,11,13-14H,7-8H2,1-2H3/t9-,11?/m1/s1. The molecule has 0 fully saturated rings. The van der Waals surface area contributed by atoms with E-state index in [1.807, 2.05) is 12.1 Å². The number of methoxy groups -OCH3 is 1. The Labute approximate surface area is 90.3 Å². The number of nitrogens with one attached hydrogen (secondary N) is 1. The lowest BCUT2D eigenvalue weighted by Gasteiger charge is -2.16. The number of rotatable bonds is 6. The second-order valence-corrected chi connectivity index (χ2v) is 3.52. The molecule has 0 amide bonds. The molecule has 0 saturated carbocycles. The van der Waals surface area contributed by atoms with E-state index >= 15 is 0 Å². The number of ether oxygens (including phenoxy) is 1. The van der Waals surface area contributed by atoms with E-state index in [0.717, 1.165) is 5.56 Å². The minimum atomic E-state index is -0.459. The van der Waals surface area contributed by atoms with Crippen LogP contribution in [0.1, 0.15) is 18.5 Å². The molecule has 84 valence electrons. The lowest BCUT2D eigenvalue weighted by atomic mass is 10.1. The normalized spacial score (nSPS) is 14.9. The summed E-state index contributed by atoms with van der Waals surface area (Å²) in [6.07, 6.45) is 3.07. The lowest BCUT2D eigenvalue weighted by molar-refractivity contribution is 0.0630. The van der Waals surface area contributed by atoms with Gasteiger partial charge in [-0.1, -0.05) is 0 Å². The summed E-state index contributed by atoms with van der Waals surface area (Å²) in [5.74, 6) is 0. The minimum Gasteiger partial charge on any atom is -0.389 e. The molecule has 0 aliphatic rings. The highest BCUT2D eigenvalue weighted by atomic mass is 16.5. The summed E-state index contributed by atoms with van der Waals surface area (Å²) in [5, 5.41) is 12.7. The molecular weight excluding hydrogens is 192 g/mol. The number of pyridine rings is 1. The predicted octanol–water partition coefficient (Wildman–Crippen LogP) is 0.739. The third-order valence-corrected chi connectivity index (χ3v) is 2.22. The number of aliphatic hydroxyl groups excluding tert-OH is 1. The van der Waals surface area contributed by atoms with Crippen molar-refractivity contribution in [1.82, 2.24) is 10.3 Å². The molecule has 1 unspecified atom stereocenters. The van der Waals surface area contributed by atoms with Crippen molar-refractivity contribution in [2.24, 2.45) is 0 Å². The number of nitrogens with zero attached hydrogens (tertiary/aromatic N) is 1. The van der Waals surface area contributed by atoms with Crippen LogP contribution in [0.2, 0.25) is 0 Å². The third kappa shape index (κ3) is 4.38. The number of aliphatic hydroxyl groups is 1. The Morgan fingerprint density at radius 1 is 1.47 bits per heavy atom. The Bertz CT molecular complexity index is 267. The van der Waals surface area contributed by atoms with Crippen LogP contribution in [0.25, 0.3) is 0 Å². The molecule has 1 heterocycles. The Morgan fingerprint density at radius 2 is 2.13 bits per heavy atom. The maximum atomic E-state index is 9.45. The molecule has 1 rings (SSSR count). The van der Waals surface area contributed by atoms with Gasteiger partial charge in [0.15, 0.2) is 0 Å². The molecule has 0 spiro atoms. The smallest absolute Gasteiger partial charge is 0.0897 e. The van der Waals surface area contributed by atoms with Gasteiger partial charge in [-0.3, -0.25) is 4.98 Å². The summed E-state index contributed by atoms with van der Waals surface area (Å²) >= 11 is 0. The Kier molecular flexibility index (Phi) is 5.25. The molecule has 0 aliphatic heterocycles. The minimum absolute atomic E-state index is 0.208. The summed E-state index contributed by atoms with van der Waals surface area (Å²) in [6, 6.07) is 4.13. The molecule has 1 aromatic rings. The van der Waals surface area contributed by atoms with Gasteiger partial charge in [-0.25, -0.2) is 0 Å². The van der Waals surface area contributed by atoms with Crippen molar-refractivity contribution in [3.05, 3.63) is 30.1 Å². The summed E-state index contributed by atoms with van der Waals surface area (Å²) in [5.41, 5.74) is 1.16. The first-order valence-electron chi connectivity index (χ1n) is 5.04. The van der Waals surface area contributed by atoms with Crippen molar-refractivity contribution in [1.29, 1.82) is 0 Å². The highest BCUT2D eigenvalue weighted by molar-refractivity contribution is 5.13. The molecule has 0 radical (unpaired) electrons. The Hall–Kier alpha value is -0.970. The van der Waals surface area contributed by atoms with Gasteiger partial charge in [0, 0.05) is 32.1 Å². The fraction of sp³-hybridized carbons (Fsp3) is 0.545. The first kappa shape index (κ1) is 12.1. The van der Waals surface area contributed by atoms with E-state index in [1.165, 1.54) is 0 Å². The van der Waals surface area contributed by atoms with E-state index in [-0.39, 0.29) is 6.04 Å². The molecule has 2 atom stereocenters. The predicted molar refractivity (Wildman–Crippen MR) is 58.5 cm³/mol. The average Bonchev–Trinajstić information content (AvgIpc) is 2.27. The van der Waals surface area contributed by atoms with Crippen molar-refractivity contribution in [3.8, 4) is 0 Å². The zero-order valence-electron chi connectivity index (χ0n) is 9.18. The second kappa shape index (κ2) is 6.50. The van der Waals surface area contributed by atoms with Crippen LogP contribution in [0.15, 0.2) is 24.5 Å². The van der Waals surface area contributed by atoms with E-state index in [4.69, 9.17) is 4.74 Å². The van der Waals surface area contributed by atoms with E-state index < -0.39 is 6.10 Å². The number of aromatic nitrogens is 1. The molecule has 15 heavy (non-hydrogen) atoms. The molecular formula is C11H18N2O2. The van der Waals surface area contributed by atoms with Gasteiger partial charge < -0.3 is 15.2 Å². The van der Waals surface area contributed by atoms with Crippen LogP contribution in [0.4, 0.5) is 0 Å². The zero-order valence-corrected chi connectivity index (χ0v) is 9.18. The van der Waals surface area contributed by atoms with Crippen LogP contribution in [0, 0.1) is 0 Å². The zero-order chi connectivity index (χ0) is 11.1. The summed E-state index contributed by atoms with van der Waals surface area (Å²) < 4.78 is 4.84. The first-order valence-corrected chi connectivity index (χ1v) is 5.04. The summed E-state index contributed by atoms with van der Waals surface area (Å²) in [6.45, 7) is 2.93.